The maximum atomic E-state index is 13.0. The van der Waals surface area contributed by atoms with Gasteiger partial charge in [-0.3, -0.25) is 4.79 Å². The number of amides is 1. The molecule has 7 heteroatoms. The average molecular weight is 401 g/mol. The fourth-order valence-electron chi connectivity index (χ4n) is 2.96. The minimum Gasteiger partial charge on any atom is -0.355 e. The normalized spacial score (nSPS) is 12.0. The second-order valence-corrected chi connectivity index (χ2v) is 7.54. The molecule has 0 saturated heterocycles. The molecule has 0 unspecified atom stereocenters. The smallest absolute Gasteiger partial charge is 0.355 e. The molecule has 0 bridgehead atoms. The van der Waals surface area contributed by atoms with E-state index >= 15 is 0 Å². The van der Waals surface area contributed by atoms with Crippen molar-refractivity contribution in [1.29, 1.82) is 0 Å². The van der Waals surface area contributed by atoms with E-state index in [4.69, 9.17) is 0 Å². The van der Waals surface area contributed by atoms with Crippen molar-refractivity contribution in [2.45, 2.75) is 31.9 Å². The van der Waals surface area contributed by atoms with Crippen LogP contribution in [0.25, 0.3) is 5.69 Å². The van der Waals surface area contributed by atoms with E-state index in [-0.39, 0.29) is 18.9 Å². The van der Waals surface area contributed by atoms with Crippen molar-refractivity contribution in [1.82, 2.24) is 15.1 Å². The Kier molecular flexibility index (Phi) is 5.77. The van der Waals surface area contributed by atoms with E-state index in [1.807, 2.05) is 30.3 Å². The first-order valence-corrected chi connectivity index (χ1v) is 9.18. The van der Waals surface area contributed by atoms with Crippen LogP contribution in [0.4, 0.5) is 13.2 Å². The second-order valence-electron chi connectivity index (χ2n) is 7.54. The molecule has 3 rings (SSSR count). The Morgan fingerprint density at radius 3 is 2.41 bits per heavy atom. The number of aromatic nitrogens is 2. The lowest BCUT2D eigenvalue weighted by molar-refractivity contribution is -0.137. The number of halogens is 3. The molecule has 1 amide bonds. The zero-order valence-corrected chi connectivity index (χ0v) is 16.2. The summed E-state index contributed by atoms with van der Waals surface area (Å²) in [7, 11) is 0. The third-order valence-electron chi connectivity index (χ3n) is 4.72. The van der Waals surface area contributed by atoms with E-state index < -0.39 is 17.2 Å². The molecule has 0 radical (unpaired) electrons. The van der Waals surface area contributed by atoms with Gasteiger partial charge in [-0.1, -0.05) is 50.2 Å². The highest BCUT2D eigenvalue weighted by Crippen LogP contribution is 2.32. The number of hydrogen-bond donors (Lipinski definition) is 1. The maximum Gasteiger partial charge on any atom is 0.416 e. The first-order valence-electron chi connectivity index (χ1n) is 9.18. The Labute approximate surface area is 167 Å². The summed E-state index contributed by atoms with van der Waals surface area (Å²) in [6.45, 7) is 3.83. The van der Waals surface area contributed by atoms with Gasteiger partial charge in [0.15, 0.2) is 0 Å². The SMILES string of the molecule is CC(C)(CNC(=O)Cc1cnn(-c2ccccc2)c1)c1cccc(C(F)(F)F)c1. The molecule has 0 spiro atoms. The van der Waals surface area contributed by atoms with Crippen molar-refractivity contribution in [2.75, 3.05) is 6.54 Å². The van der Waals surface area contributed by atoms with E-state index in [1.54, 1.807) is 37.0 Å². The van der Waals surface area contributed by atoms with E-state index in [0.29, 0.717) is 5.56 Å². The molecule has 0 atom stereocenters. The van der Waals surface area contributed by atoms with Gasteiger partial charge in [-0.25, -0.2) is 4.68 Å². The van der Waals surface area contributed by atoms with Gasteiger partial charge in [-0.2, -0.15) is 18.3 Å². The predicted octanol–water partition coefficient (Wildman–Crippen LogP) is 4.53. The Morgan fingerprint density at radius 1 is 1.03 bits per heavy atom. The molecular weight excluding hydrogens is 379 g/mol. The molecule has 152 valence electrons. The maximum absolute atomic E-state index is 13.0. The van der Waals surface area contributed by atoms with Gasteiger partial charge in [0.05, 0.1) is 23.9 Å². The van der Waals surface area contributed by atoms with E-state index in [2.05, 4.69) is 10.4 Å². The summed E-state index contributed by atoms with van der Waals surface area (Å²) in [5.74, 6) is -0.210. The molecule has 1 aromatic heterocycles. The Balaban J connectivity index is 1.61. The van der Waals surface area contributed by atoms with Crippen LogP contribution < -0.4 is 5.32 Å². The third-order valence-corrected chi connectivity index (χ3v) is 4.72. The van der Waals surface area contributed by atoms with Crippen LogP contribution in [0.15, 0.2) is 67.0 Å². The summed E-state index contributed by atoms with van der Waals surface area (Å²) in [5.41, 5.74) is 0.825. The van der Waals surface area contributed by atoms with Crippen molar-refractivity contribution < 1.29 is 18.0 Å². The van der Waals surface area contributed by atoms with E-state index in [0.717, 1.165) is 23.4 Å². The summed E-state index contributed by atoms with van der Waals surface area (Å²) in [6.07, 6.45) is -0.836. The topological polar surface area (TPSA) is 46.9 Å². The lowest BCUT2D eigenvalue weighted by Gasteiger charge is -2.26. The zero-order valence-electron chi connectivity index (χ0n) is 16.2. The van der Waals surface area contributed by atoms with Crippen LogP contribution in [0.5, 0.6) is 0 Å². The van der Waals surface area contributed by atoms with E-state index in [1.165, 1.54) is 6.07 Å². The van der Waals surface area contributed by atoms with Crippen LogP contribution in [-0.4, -0.2) is 22.2 Å². The number of rotatable bonds is 6. The number of nitrogens with one attached hydrogen (secondary N) is 1. The number of benzene rings is 2. The highest BCUT2D eigenvalue weighted by Gasteiger charge is 2.32. The lowest BCUT2D eigenvalue weighted by atomic mass is 9.83. The van der Waals surface area contributed by atoms with Gasteiger partial charge in [0.2, 0.25) is 5.91 Å². The number of alkyl halides is 3. The molecule has 4 nitrogen and oxygen atoms in total. The summed E-state index contributed by atoms with van der Waals surface area (Å²) < 4.78 is 40.6. The Morgan fingerprint density at radius 2 is 1.72 bits per heavy atom. The van der Waals surface area contributed by atoms with Crippen molar-refractivity contribution in [3.8, 4) is 5.69 Å². The van der Waals surface area contributed by atoms with Crippen LogP contribution in [0.3, 0.4) is 0 Å². The number of carbonyl (C=O) groups is 1. The van der Waals surface area contributed by atoms with Gasteiger partial charge in [0.1, 0.15) is 0 Å². The van der Waals surface area contributed by atoms with Gasteiger partial charge in [0, 0.05) is 18.2 Å². The van der Waals surface area contributed by atoms with Crippen LogP contribution in [0.1, 0.15) is 30.5 Å². The fourth-order valence-corrected chi connectivity index (χ4v) is 2.96. The quantitative estimate of drug-likeness (QED) is 0.660. The minimum absolute atomic E-state index is 0.144. The van der Waals surface area contributed by atoms with Crippen molar-refractivity contribution in [3.63, 3.8) is 0 Å². The van der Waals surface area contributed by atoms with Crippen molar-refractivity contribution in [3.05, 3.63) is 83.7 Å². The molecule has 0 aliphatic carbocycles. The van der Waals surface area contributed by atoms with Gasteiger partial charge in [-0.05, 0) is 29.3 Å². The highest BCUT2D eigenvalue weighted by molar-refractivity contribution is 5.78. The third kappa shape index (κ3) is 5.25. The van der Waals surface area contributed by atoms with Gasteiger partial charge >= 0.3 is 6.18 Å². The fraction of sp³-hybridized carbons (Fsp3) is 0.273. The first-order chi connectivity index (χ1) is 13.6. The summed E-state index contributed by atoms with van der Waals surface area (Å²) in [4.78, 5) is 12.3. The first kappa shape index (κ1) is 20.6. The summed E-state index contributed by atoms with van der Waals surface area (Å²) in [6, 6.07) is 14.7. The minimum atomic E-state index is -4.39. The van der Waals surface area contributed by atoms with Crippen LogP contribution in [0.2, 0.25) is 0 Å². The van der Waals surface area contributed by atoms with Gasteiger partial charge < -0.3 is 5.32 Å². The monoisotopic (exact) mass is 401 g/mol. The molecule has 1 N–H and O–H groups in total. The van der Waals surface area contributed by atoms with Crippen molar-refractivity contribution >= 4 is 5.91 Å². The number of para-hydroxylation sites is 1. The molecular formula is C22H22F3N3O. The summed E-state index contributed by atoms with van der Waals surface area (Å²) in [5, 5.41) is 7.08. The second kappa shape index (κ2) is 8.11. The molecule has 29 heavy (non-hydrogen) atoms. The molecule has 3 aromatic rings. The molecule has 0 fully saturated rings. The predicted molar refractivity (Wildman–Crippen MR) is 105 cm³/mol. The molecule has 0 saturated carbocycles. The number of carbonyl (C=O) groups excluding carboxylic acids is 1. The van der Waals surface area contributed by atoms with E-state index in [9.17, 15) is 18.0 Å². The molecule has 2 aromatic carbocycles. The van der Waals surface area contributed by atoms with Gasteiger partial charge in [0.25, 0.3) is 0 Å². The van der Waals surface area contributed by atoms with Gasteiger partial charge in [-0.15, -0.1) is 0 Å². The highest BCUT2D eigenvalue weighted by atomic mass is 19.4. The zero-order chi connectivity index (χ0) is 21.1. The van der Waals surface area contributed by atoms with Crippen LogP contribution in [-0.2, 0) is 22.8 Å². The largest absolute Gasteiger partial charge is 0.416 e. The molecule has 1 heterocycles. The molecule has 0 aliphatic rings. The average Bonchev–Trinajstić information content (AvgIpc) is 3.15. The van der Waals surface area contributed by atoms with Crippen molar-refractivity contribution in [2.24, 2.45) is 0 Å². The lowest BCUT2D eigenvalue weighted by Crippen LogP contribution is -2.37. The van der Waals surface area contributed by atoms with Crippen LogP contribution in [0, 0.1) is 0 Å². The Hall–Kier alpha value is -3.09. The number of nitrogens with zero attached hydrogens (tertiary/aromatic N) is 2. The Bertz CT molecular complexity index is 978. The van der Waals surface area contributed by atoms with Crippen LogP contribution >= 0.6 is 0 Å². The number of hydrogen-bond acceptors (Lipinski definition) is 2. The summed E-state index contributed by atoms with van der Waals surface area (Å²) >= 11 is 0. The molecule has 0 aliphatic heterocycles. The standard InChI is InChI=1S/C22H22F3N3O/c1-21(2,17-7-6-8-18(12-17)22(23,24)25)15-26-20(29)11-16-13-27-28(14-16)19-9-4-3-5-10-19/h3-10,12-14H,11,15H2,1-2H3,(H,26,29).